The molecule has 60 valence electrons. The highest BCUT2D eigenvalue weighted by atomic mass is 127. The zero-order valence-electron chi connectivity index (χ0n) is 5.25. The van der Waals surface area contributed by atoms with Crippen molar-refractivity contribution in [3.05, 3.63) is 26.8 Å². The Morgan fingerprint density at radius 2 is 2.18 bits per heavy atom. The minimum Gasteiger partial charge on any atom is -0.302 e. The van der Waals surface area contributed by atoms with Crippen LogP contribution in [0.1, 0.15) is 0 Å². The molecule has 0 aliphatic rings. The van der Waals surface area contributed by atoms with Crippen LogP contribution in [0.15, 0.2) is 23.1 Å². The average molecular weight is 303 g/mol. The van der Waals surface area contributed by atoms with E-state index in [1.54, 1.807) is 18.2 Å². The number of hydrogen-bond donors (Lipinski definition) is 1. The van der Waals surface area contributed by atoms with Crippen molar-refractivity contribution in [1.82, 2.24) is 0 Å². The summed E-state index contributed by atoms with van der Waals surface area (Å²) >= 11 is 5.76. The van der Waals surface area contributed by atoms with E-state index in [0.29, 0.717) is 5.02 Å². The molecule has 0 fully saturated rings. The minimum atomic E-state index is -1.98. The Hall–Kier alpha value is 0.350. The van der Waals surface area contributed by atoms with Crippen LogP contribution in [0.2, 0.25) is 5.02 Å². The summed E-state index contributed by atoms with van der Waals surface area (Å²) in [5, 5.41) is 0.331. The molecule has 0 spiro atoms. The van der Waals surface area contributed by atoms with Crippen molar-refractivity contribution in [3.63, 3.8) is 0 Å². The molecule has 1 rings (SSSR count). The highest BCUT2D eigenvalue weighted by molar-refractivity contribution is 14.1. The fourth-order valence-corrected chi connectivity index (χ4v) is 2.08. The Morgan fingerprint density at radius 3 is 2.64 bits per heavy atom. The van der Waals surface area contributed by atoms with E-state index in [2.05, 4.69) is 22.6 Å². The van der Waals surface area contributed by atoms with E-state index in [4.69, 9.17) is 16.2 Å². The summed E-state index contributed by atoms with van der Waals surface area (Å²) in [5.41, 5.74) is 0. The van der Waals surface area contributed by atoms with Crippen molar-refractivity contribution in [1.29, 1.82) is 0 Å². The third-order valence-corrected chi connectivity index (χ3v) is 2.91. The molecule has 1 N–H and O–H groups in total. The minimum absolute atomic E-state index is 0.257. The molecule has 1 unspecified atom stereocenters. The molecule has 1 atom stereocenters. The van der Waals surface area contributed by atoms with Gasteiger partial charge in [-0.1, -0.05) is 11.6 Å². The number of halogens is 2. The summed E-state index contributed by atoms with van der Waals surface area (Å²) in [6.45, 7) is 0. The van der Waals surface area contributed by atoms with Gasteiger partial charge in [0.25, 0.3) is 0 Å². The Kier molecular flexibility index (Phi) is 3.29. The van der Waals surface area contributed by atoms with Crippen LogP contribution in [0.4, 0.5) is 0 Å². The molecule has 0 amide bonds. The van der Waals surface area contributed by atoms with Gasteiger partial charge in [0.2, 0.25) is 0 Å². The van der Waals surface area contributed by atoms with E-state index in [-0.39, 0.29) is 4.90 Å². The Morgan fingerprint density at radius 1 is 1.55 bits per heavy atom. The van der Waals surface area contributed by atoms with Crippen LogP contribution in [0.3, 0.4) is 0 Å². The van der Waals surface area contributed by atoms with Gasteiger partial charge in [-0.2, -0.15) is 0 Å². The summed E-state index contributed by atoms with van der Waals surface area (Å²) in [6.07, 6.45) is 0. The molecular weight excluding hydrogens is 298 g/mol. The first kappa shape index (κ1) is 9.44. The molecule has 0 saturated heterocycles. The van der Waals surface area contributed by atoms with Crippen molar-refractivity contribution in [2.45, 2.75) is 4.90 Å². The maximum atomic E-state index is 10.6. The molecular formula is C6H4ClIO2S. The van der Waals surface area contributed by atoms with Crippen LogP contribution >= 0.6 is 34.2 Å². The molecule has 0 saturated carbocycles. The fraction of sp³-hybridized carbons (Fsp3) is 0. The quantitative estimate of drug-likeness (QED) is 0.639. The largest absolute Gasteiger partial charge is 0.302 e. The molecule has 0 bridgehead atoms. The van der Waals surface area contributed by atoms with Crippen LogP contribution in [-0.2, 0) is 11.1 Å². The zero-order valence-corrected chi connectivity index (χ0v) is 8.98. The van der Waals surface area contributed by atoms with Gasteiger partial charge in [0, 0.05) is 3.57 Å². The van der Waals surface area contributed by atoms with Gasteiger partial charge < -0.3 is 4.55 Å². The highest BCUT2D eigenvalue weighted by Crippen LogP contribution is 2.21. The third kappa shape index (κ3) is 2.40. The molecule has 0 aliphatic carbocycles. The second-order valence-electron chi connectivity index (χ2n) is 1.82. The highest BCUT2D eigenvalue weighted by Gasteiger charge is 2.04. The Balaban J connectivity index is 3.20. The van der Waals surface area contributed by atoms with Gasteiger partial charge in [0.05, 0.1) is 9.92 Å². The summed E-state index contributed by atoms with van der Waals surface area (Å²) in [6, 6.07) is 4.92. The summed E-state index contributed by atoms with van der Waals surface area (Å²) in [5.74, 6) is 0. The standard InChI is InChI=1S/C6H4ClIO2S/c7-5-3-4(8)1-2-6(5)11(9)10/h1-3H,(H,9,10). The molecule has 0 radical (unpaired) electrons. The number of hydrogen-bond acceptors (Lipinski definition) is 1. The molecule has 0 aromatic heterocycles. The van der Waals surface area contributed by atoms with Crippen molar-refractivity contribution < 1.29 is 8.76 Å². The van der Waals surface area contributed by atoms with Gasteiger partial charge in [0.1, 0.15) is 0 Å². The van der Waals surface area contributed by atoms with E-state index in [1.165, 1.54) is 0 Å². The molecule has 1 aromatic rings. The molecule has 11 heavy (non-hydrogen) atoms. The monoisotopic (exact) mass is 302 g/mol. The Bertz CT molecular complexity index is 303. The normalized spacial score (nSPS) is 13.0. The van der Waals surface area contributed by atoms with Crippen molar-refractivity contribution >= 4 is 45.3 Å². The molecule has 0 aliphatic heterocycles. The van der Waals surface area contributed by atoms with Gasteiger partial charge in [-0.05, 0) is 40.8 Å². The predicted octanol–water partition coefficient (Wildman–Crippen LogP) is 2.53. The first-order chi connectivity index (χ1) is 5.11. The van der Waals surface area contributed by atoms with Crippen LogP contribution in [0.5, 0.6) is 0 Å². The van der Waals surface area contributed by atoms with E-state index in [1.807, 2.05) is 0 Å². The lowest BCUT2D eigenvalue weighted by Crippen LogP contribution is -1.89. The van der Waals surface area contributed by atoms with E-state index in [0.717, 1.165) is 3.57 Å². The van der Waals surface area contributed by atoms with Crippen molar-refractivity contribution in [2.75, 3.05) is 0 Å². The number of rotatable bonds is 1. The van der Waals surface area contributed by atoms with Gasteiger partial charge in [-0.15, -0.1) is 0 Å². The lowest BCUT2D eigenvalue weighted by molar-refractivity contribution is 0.564. The smallest absolute Gasteiger partial charge is 0.188 e. The third-order valence-electron chi connectivity index (χ3n) is 1.08. The van der Waals surface area contributed by atoms with E-state index < -0.39 is 11.1 Å². The van der Waals surface area contributed by atoms with Crippen molar-refractivity contribution in [2.24, 2.45) is 0 Å². The first-order valence-electron chi connectivity index (χ1n) is 2.67. The molecule has 2 nitrogen and oxygen atoms in total. The van der Waals surface area contributed by atoms with Gasteiger partial charge in [-0.3, -0.25) is 0 Å². The topological polar surface area (TPSA) is 37.3 Å². The fourth-order valence-electron chi connectivity index (χ4n) is 0.617. The average Bonchev–Trinajstić information content (AvgIpc) is 1.85. The SMILES string of the molecule is O=S(O)c1ccc(I)cc1Cl. The maximum absolute atomic E-state index is 10.6. The predicted molar refractivity (Wildman–Crippen MR) is 53.2 cm³/mol. The van der Waals surface area contributed by atoms with E-state index in [9.17, 15) is 4.21 Å². The molecule has 0 heterocycles. The van der Waals surface area contributed by atoms with Gasteiger partial charge in [0.15, 0.2) is 11.1 Å². The lowest BCUT2D eigenvalue weighted by Gasteiger charge is -1.97. The summed E-state index contributed by atoms with van der Waals surface area (Å²) < 4.78 is 20.2. The summed E-state index contributed by atoms with van der Waals surface area (Å²) in [7, 11) is 0. The van der Waals surface area contributed by atoms with Crippen LogP contribution < -0.4 is 0 Å². The van der Waals surface area contributed by atoms with Gasteiger partial charge in [-0.25, -0.2) is 4.21 Å². The van der Waals surface area contributed by atoms with Crippen LogP contribution in [0, 0.1) is 3.57 Å². The second-order valence-corrected chi connectivity index (χ2v) is 4.41. The first-order valence-corrected chi connectivity index (χ1v) is 5.23. The van der Waals surface area contributed by atoms with Crippen LogP contribution in [0.25, 0.3) is 0 Å². The molecule has 5 heteroatoms. The van der Waals surface area contributed by atoms with Gasteiger partial charge >= 0.3 is 0 Å². The Labute approximate surface area is 85.4 Å². The summed E-state index contributed by atoms with van der Waals surface area (Å²) in [4.78, 5) is 0.257. The molecule has 1 aromatic carbocycles. The van der Waals surface area contributed by atoms with Crippen LogP contribution in [-0.4, -0.2) is 8.76 Å². The maximum Gasteiger partial charge on any atom is 0.188 e. The number of benzene rings is 1. The zero-order chi connectivity index (χ0) is 8.43. The lowest BCUT2D eigenvalue weighted by atomic mass is 10.4. The second kappa shape index (κ2) is 3.84. The van der Waals surface area contributed by atoms with Crippen molar-refractivity contribution in [3.8, 4) is 0 Å². The van der Waals surface area contributed by atoms with E-state index >= 15 is 0 Å².